The van der Waals surface area contributed by atoms with Gasteiger partial charge in [-0.3, -0.25) is 4.79 Å². The maximum absolute atomic E-state index is 11.7. The Morgan fingerprint density at radius 3 is 2.91 bits per heavy atom. The first-order valence-corrected chi connectivity index (χ1v) is 7.82. The van der Waals surface area contributed by atoms with E-state index in [1.165, 1.54) is 6.08 Å². The van der Waals surface area contributed by atoms with Crippen molar-refractivity contribution in [3.8, 4) is 0 Å². The van der Waals surface area contributed by atoms with Gasteiger partial charge < -0.3 is 14.5 Å². The van der Waals surface area contributed by atoms with Gasteiger partial charge in [0.15, 0.2) is 0 Å². The molecule has 4 heteroatoms. The number of hydrogen-bond donors (Lipinski definition) is 1. The zero-order valence-corrected chi connectivity index (χ0v) is 13.0. The topological polar surface area (TPSA) is 51.5 Å². The molecule has 1 amide bonds. The standard InChI is InChI=1S/C18H23NO3/c1-2-3-12-21-13-6-11-19-18(20)10-9-16-14-15-7-4-5-8-17(15)22-16/h4-5,7-10,14H,2-3,6,11-13H2,1H3,(H,19,20)/b10-9+. The fraction of sp³-hybridized carbons (Fsp3) is 0.389. The summed E-state index contributed by atoms with van der Waals surface area (Å²) in [6.07, 6.45) is 6.24. The lowest BCUT2D eigenvalue weighted by molar-refractivity contribution is -0.116. The van der Waals surface area contributed by atoms with E-state index in [9.17, 15) is 4.79 Å². The lowest BCUT2D eigenvalue weighted by Gasteiger charge is -2.03. The van der Waals surface area contributed by atoms with Gasteiger partial charge in [0.2, 0.25) is 5.91 Å². The summed E-state index contributed by atoms with van der Waals surface area (Å²) in [5.41, 5.74) is 0.826. The van der Waals surface area contributed by atoms with Gasteiger partial charge in [0, 0.05) is 31.2 Å². The summed E-state index contributed by atoms with van der Waals surface area (Å²) >= 11 is 0. The van der Waals surface area contributed by atoms with Gasteiger partial charge in [0.25, 0.3) is 0 Å². The van der Waals surface area contributed by atoms with Crippen molar-refractivity contribution in [2.75, 3.05) is 19.8 Å². The molecule has 0 fully saturated rings. The zero-order valence-electron chi connectivity index (χ0n) is 13.0. The number of unbranched alkanes of at least 4 members (excludes halogenated alkanes) is 1. The SMILES string of the molecule is CCCCOCCCNC(=O)/C=C/c1cc2ccccc2o1. The molecule has 1 N–H and O–H groups in total. The highest BCUT2D eigenvalue weighted by Crippen LogP contribution is 2.19. The first-order valence-electron chi connectivity index (χ1n) is 7.82. The summed E-state index contributed by atoms with van der Waals surface area (Å²) in [5.74, 6) is 0.563. The molecule has 1 aromatic carbocycles. The van der Waals surface area contributed by atoms with Crippen molar-refractivity contribution < 1.29 is 13.9 Å². The second kappa shape index (κ2) is 9.05. The van der Waals surface area contributed by atoms with Crippen LogP contribution in [0.25, 0.3) is 17.0 Å². The maximum Gasteiger partial charge on any atom is 0.244 e. The van der Waals surface area contributed by atoms with Gasteiger partial charge in [-0.2, -0.15) is 0 Å². The fourth-order valence-corrected chi connectivity index (χ4v) is 2.04. The van der Waals surface area contributed by atoms with E-state index in [1.807, 2.05) is 30.3 Å². The Hall–Kier alpha value is -2.07. The van der Waals surface area contributed by atoms with Crippen LogP contribution in [0.5, 0.6) is 0 Å². The van der Waals surface area contributed by atoms with Gasteiger partial charge in [-0.1, -0.05) is 31.5 Å². The molecule has 118 valence electrons. The van der Waals surface area contributed by atoms with Gasteiger partial charge in [0.05, 0.1) is 0 Å². The Morgan fingerprint density at radius 2 is 2.09 bits per heavy atom. The summed E-state index contributed by atoms with van der Waals surface area (Å²) in [6, 6.07) is 9.69. The Morgan fingerprint density at radius 1 is 1.27 bits per heavy atom. The molecule has 0 aliphatic heterocycles. The zero-order chi connectivity index (χ0) is 15.6. The Balaban J connectivity index is 1.68. The summed E-state index contributed by atoms with van der Waals surface area (Å²) in [7, 11) is 0. The minimum Gasteiger partial charge on any atom is -0.457 e. The molecule has 0 saturated heterocycles. The Labute approximate surface area is 131 Å². The predicted molar refractivity (Wildman–Crippen MR) is 88.6 cm³/mol. The van der Waals surface area contributed by atoms with E-state index in [-0.39, 0.29) is 5.91 Å². The lowest BCUT2D eigenvalue weighted by Crippen LogP contribution is -2.23. The van der Waals surface area contributed by atoms with Gasteiger partial charge in [-0.25, -0.2) is 0 Å². The Kier molecular flexibility index (Phi) is 6.71. The third-order valence-electron chi connectivity index (χ3n) is 3.25. The predicted octanol–water partition coefficient (Wildman–Crippen LogP) is 3.77. The normalized spacial score (nSPS) is 11.3. The van der Waals surface area contributed by atoms with Crippen LogP contribution in [0, 0.1) is 0 Å². The van der Waals surface area contributed by atoms with Crippen LogP contribution < -0.4 is 5.32 Å². The molecular weight excluding hydrogens is 278 g/mol. The monoisotopic (exact) mass is 301 g/mol. The van der Waals surface area contributed by atoms with Crippen molar-refractivity contribution in [3.05, 3.63) is 42.2 Å². The quantitative estimate of drug-likeness (QED) is 0.566. The highest BCUT2D eigenvalue weighted by atomic mass is 16.5. The average molecular weight is 301 g/mol. The number of carbonyl (C=O) groups excluding carboxylic acids is 1. The van der Waals surface area contributed by atoms with Gasteiger partial charge in [0.1, 0.15) is 11.3 Å². The second-order valence-electron chi connectivity index (χ2n) is 5.13. The van der Waals surface area contributed by atoms with Gasteiger partial charge >= 0.3 is 0 Å². The summed E-state index contributed by atoms with van der Waals surface area (Å²) < 4.78 is 11.0. The van der Waals surface area contributed by atoms with E-state index in [1.54, 1.807) is 6.08 Å². The molecule has 0 aliphatic carbocycles. The van der Waals surface area contributed by atoms with E-state index >= 15 is 0 Å². The largest absolute Gasteiger partial charge is 0.457 e. The number of amides is 1. The van der Waals surface area contributed by atoms with Crippen LogP contribution in [-0.2, 0) is 9.53 Å². The first-order chi connectivity index (χ1) is 10.8. The first kappa shape index (κ1) is 16.3. The minimum atomic E-state index is -0.117. The molecule has 2 rings (SSSR count). The number of rotatable bonds is 9. The fourth-order valence-electron chi connectivity index (χ4n) is 2.04. The molecule has 0 unspecified atom stereocenters. The number of para-hydroxylation sites is 1. The molecule has 0 aliphatic rings. The van der Waals surface area contributed by atoms with Crippen molar-refractivity contribution in [2.45, 2.75) is 26.2 Å². The Bertz CT molecular complexity index is 583. The average Bonchev–Trinajstić information content (AvgIpc) is 2.95. The van der Waals surface area contributed by atoms with E-state index in [0.717, 1.165) is 36.8 Å². The number of ether oxygens (including phenoxy) is 1. The van der Waals surface area contributed by atoms with Crippen molar-refractivity contribution in [3.63, 3.8) is 0 Å². The van der Waals surface area contributed by atoms with Crippen LogP contribution >= 0.6 is 0 Å². The number of hydrogen-bond acceptors (Lipinski definition) is 3. The molecule has 1 aromatic heterocycles. The summed E-state index contributed by atoms with van der Waals surface area (Å²) in [6.45, 7) is 4.25. The van der Waals surface area contributed by atoms with E-state index in [4.69, 9.17) is 9.15 Å². The van der Waals surface area contributed by atoms with Crippen LogP contribution in [0.15, 0.2) is 40.8 Å². The number of nitrogens with one attached hydrogen (secondary N) is 1. The van der Waals surface area contributed by atoms with Crippen molar-refractivity contribution in [1.29, 1.82) is 0 Å². The molecule has 4 nitrogen and oxygen atoms in total. The highest BCUT2D eigenvalue weighted by molar-refractivity contribution is 5.92. The molecule has 0 radical (unpaired) electrons. The smallest absolute Gasteiger partial charge is 0.244 e. The summed E-state index contributed by atoms with van der Waals surface area (Å²) in [4.78, 5) is 11.7. The molecule has 0 atom stereocenters. The third kappa shape index (κ3) is 5.37. The molecule has 1 heterocycles. The van der Waals surface area contributed by atoms with Crippen molar-refractivity contribution in [1.82, 2.24) is 5.32 Å². The van der Waals surface area contributed by atoms with Crippen LogP contribution in [-0.4, -0.2) is 25.7 Å². The van der Waals surface area contributed by atoms with E-state index < -0.39 is 0 Å². The maximum atomic E-state index is 11.7. The van der Waals surface area contributed by atoms with E-state index in [0.29, 0.717) is 18.9 Å². The minimum absolute atomic E-state index is 0.117. The van der Waals surface area contributed by atoms with Crippen LogP contribution in [0.1, 0.15) is 31.9 Å². The third-order valence-corrected chi connectivity index (χ3v) is 3.25. The van der Waals surface area contributed by atoms with Crippen LogP contribution in [0.4, 0.5) is 0 Å². The molecule has 2 aromatic rings. The number of benzene rings is 1. The molecular formula is C18H23NO3. The molecule has 22 heavy (non-hydrogen) atoms. The highest BCUT2D eigenvalue weighted by Gasteiger charge is 2.00. The second-order valence-corrected chi connectivity index (χ2v) is 5.13. The van der Waals surface area contributed by atoms with Gasteiger partial charge in [-0.05, 0) is 31.1 Å². The van der Waals surface area contributed by atoms with E-state index in [2.05, 4.69) is 12.2 Å². The number of furan rings is 1. The summed E-state index contributed by atoms with van der Waals surface area (Å²) in [5, 5.41) is 3.86. The van der Waals surface area contributed by atoms with Crippen LogP contribution in [0.2, 0.25) is 0 Å². The van der Waals surface area contributed by atoms with Crippen molar-refractivity contribution in [2.24, 2.45) is 0 Å². The molecule has 0 saturated carbocycles. The van der Waals surface area contributed by atoms with Gasteiger partial charge in [-0.15, -0.1) is 0 Å². The van der Waals surface area contributed by atoms with Crippen molar-refractivity contribution >= 4 is 23.0 Å². The molecule has 0 bridgehead atoms. The molecule has 0 spiro atoms. The number of fused-ring (bicyclic) bond motifs is 1. The van der Waals surface area contributed by atoms with Crippen LogP contribution in [0.3, 0.4) is 0 Å². The number of carbonyl (C=O) groups is 1. The lowest BCUT2D eigenvalue weighted by atomic mass is 10.2.